The van der Waals surface area contributed by atoms with Crippen LogP contribution in [0.25, 0.3) is 10.9 Å². The first-order chi connectivity index (χ1) is 8.26. The van der Waals surface area contributed by atoms with Gasteiger partial charge in [-0.2, -0.15) is 5.10 Å². The Labute approximate surface area is 110 Å². The molecule has 18 heavy (non-hydrogen) atoms. The third-order valence-corrected chi connectivity index (χ3v) is 2.53. The molecule has 98 valence electrons. The largest absolute Gasteiger partial charge is 0.370 e. The zero-order chi connectivity index (χ0) is 12.3. The third kappa shape index (κ3) is 2.79. The van der Waals surface area contributed by atoms with Crippen LogP contribution in [-0.2, 0) is 9.53 Å². The van der Waals surface area contributed by atoms with Crippen molar-refractivity contribution in [3.63, 3.8) is 0 Å². The molecule has 0 saturated heterocycles. The lowest BCUT2D eigenvalue weighted by Gasteiger charge is -2.13. The Morgan fingerprint density at radius 2 is 2.39 bits per heavy atom. The number of amides is 1. The van der Waals surface area contributed by atoms with Crippen LogP contribution < -0.4 is 11.1 Å². The number of anilines is 1. The zero-order valence-electron chi connectivity index (χ0n) is 9.84. The molecule has 7 heteroatoms. The number of fused-ring (bicyclic) bond motifs is 1. The van der Waals surface area contributed by atoms with E-state index in [0.717, 1.165) is 10.9 Å². The van der Waals surface area contributed by atoms with Crippen molar-refractivity contribution in [2.45, 2.75) is 6.10 Å². The van der Waals surface area contributed by atoms with E-state index in [1.54, 1.807) is 12.3 Å². The first-order valence-electron chi connectivity index (χ1n) is 5.22. The second-order valence-corrected chi connectivity index (χ2v) is 3.59. The quantitative estimate of drug-likeness (QED) is 0.769. The smallest absolute Gasteiger partial charge is 0.254 e. The minimum atomic E-state index is -0.645. The van der Waals surface area contributed by atoms with Gasteiger partial charge in [0.15, 0.2) is 0 Å². The van der Waals surface area contributed by atoms with Gasteiger partial charge in [0.25, 0.3) is 5.91 Å². The summed E-state index contributed by atoms with van der Waals surface area (Å²) in [7, 11) is 1.45. The van der Waals surface area contributed by atoms with E-state index < -0.39 is 6.10 Å². The minimum absolute atomic E-state index is 0. The number of nitrogens with two attached hydrogens (primary N) is 1. The lowest BCUT2D eigenvalue weighted by Crippen LogP contribution is -2.35. The molecule has 2 aromatic rings. The van der Waals surface area contributed by atoms with Crippen molar-refractivity contribution in [1.82, 2.24) is 10.2 Å². The number of methoxy groups -OCH3 is 1. The van der Waals surface area contributed by atoms with Crippen molar-refractivity contribution in [1.29, 1.82) is 0 Å². The van der Waals surface area contributed by atoms with Crippen LogP contribution in [0.5, 0.6) is 0 Å². The number of H-pyrrole nitrogens is 1. The molecular weight excluding hydrogens is 256 g/mol. The third-order valence-electron chi connectivity index (χ3n) is 2.53. The molecule has 1 heterocycles. The highest BCUT2D eigenvalue weighted by Crippen LogP contribution is 2.20. The predicted molar refractivity (Wildman–Crippen MR) is 71.8 cm³/mol. The number of nitrogens with one attached hydrogen (secondary N) is 2. The summed E-state index contributed by atoms with van der Waals surface area (Å²) in [6, 6.07) is 5.55. The Morgan fingerprint density at radius 1 is 1.61 bits per heavy atom. The van der Waals surface area contributed by atoms with Crippen LogP contribution in [0.4, 0.5) is 5.69 Å². The average Bonchev–Trinajstić information content (AvgIpc) is 2.80. The van der Waals surface area contributed by atoms with Crippen molar-refractivity contribution in [3.8, 4) is 0 Å². The summed E-state index contributed by atoms with van der Waals surface area (Å²) >= 11 is 0. The number of rotatable bonds is 4. The van der Waals surface area contributed by atoms with Crippen LogP contribution in [0.15, 0.2) is 24.4 Å². The molecule has 4 N–H and O–H groups in total. The fourth-order valence-corrected chi connectivity index (χ4v) is 1.60. The molecule has 6 nitrogen and oxygen atoms in total. The Kier molecular flexibility index (Phi) is 5.08. The number of aromatic amines is 1. The Morgan fingerprint density at radius 3 is 3.06 bits per heavy atom. The van der Waals surface area contributed by atoms with E-state index in [0.29, 0.717) is 5.69 Å². The minimum Gasteiger partial charge on any atom is -0.370 e. The first kappa shape index (κ1) is 14.4. The number of benzene rings is 1. The summed E-state index contributed by atoms with van der Waals surface area (Å²) < 4.78 is 4.96. The number of para-hydroxylation sites is 1. The van der Waals surface area contributed by atoms with Crippen LogP contribution in [0, 0.1) is 0 Å². The Hall–Kier alpha value is -1.63. The van der Waals surface area contributed by atoms with Gasteiger partial charge in [-0.15, -0.1) is 12.4 Å². The number of hydrogen-bond acceptors (Lipinski definition) is 4. The normalized spacial score (nSPS) is 11.9. The van der Waals surface area contributed by atoms with E-state index in [2.05, 4.69) is 15.5 Å². The van der Waals surface area contributed by atoms with Crippen LogP contribution >= 0.6 is 12.4 Å². The summed E-state index contributed by atoms with van der Waals surface area (Å²) in [5.41, 5.74) is 6.88. The molecule has 1 aromatic heterocycles. The molecule has 0 saturated carbocycles. The molecule has 0 aliphatic rings. The van der Waals surface area contributed by atoms with Crippen LogP contribution in [0.1, 0.15) is 0 Å². The van der Waals surface area contributed by atoms with Gasteiger partial charge in [-0.3, -0.25) is 9.89 Å². The lowest BCUT2D eigenvalue weighted by molar-refractivity contribution is -0.125. The van der Waals surface area contributed by atoms with Gasteiger partial charge in [0, 0.05) is 19.0 Å². The second-order valence-electron chi connectivity index (χ2n) is 3.59. The Balaban J connectivity index is 0.00000162. The molecule has 0 bridgehead atoms. The molecular formula is C11H15ClN4O2. The number of nitrogens with zero attached hydrogens (tertiary/aromatic N) is 1. The van der Waals surface area contributed by atoms with Gasteiger partial charge < -0.3 is 15.8 Å². The highest BCUT2D eigenvalue weighted by Gasteiger charge is 2.16. The average molecular weight is 271 g/mol. The number of carbonyl (C=O) groups excluding carboxylic acids is 1. The van der Waals surface area contributed by atoms with Gasteiger partial charge in [0.1, 0.15) is 6.10 Å². The summed E-state index contributed by atoms with van der Waals surface area (Å²) in [6.07, 6.45) is 1.05. The van der Waals surface area contributed by atoms with Gasteiger partial charge in [-0.1, -0.05) is 12.1 Å². The van der Waals surface area contributed by atoms with E-state index in [4.69, 9.17) is 10.5 Å². The van der Waals surface area contributed by atoms with E-state index >= 15 is 0 Å². The summed E-state index contributed by atoms with van der Waals surface area (Å²) in [5, 5.41) is 10.4. The zero-order valence-corrected chi connectivity index (χ0v) is 10.7. The van der Waals surface area contributed by atoms with Gasteiger partial charge in [0.05, 0.1) is 17.4 Å². The van der Waals surface area contributed by atoms with Gasteiger partial charge >= 0.3 is 0 Å². The first-order valence-corrected chi connectivity index (χ1v) is 5.22. The van der Waals surface area contributed by atoms with E-state index in [9.17, 15) is 4.79 Å². The van der Waals surface area contributed by atoms with Crippen LogP contribution in [-0.4, -0.2) is 35.9 Å². The second kappa shape index (κ2) is 6.34. The summed E-state index contributed by atoms with van der Waals surface area (Å²) in [4.78, 5) is 11.8. The standard InChI is InChI=1S/C11H14N4O2.ClH/c1-17-9(5-12)11(16)14-8-4-2-3-7-6-13-15-10(7)8;/h2-4,6,9H,5,12H2,1H3,(H,13,15)(H,14,16);1H. The number of ether oxygens (including phenoxy) is 1. The van der Waals surface area contributed by atoms with Crippen molar-refractivity contribution in [2.75, 3.05) is 19.0 Å². The maximum atomic E-state index is 11.8. The summed E-state index contributed by atoms with van der Waals surface area (Å²) in [6.45, 7) is 0.140. The molecule has 0 aliphatic heterocycles. The van der Waals surface area contributed by atoms with Crippen LogP contribution in [0.3, 0.4) is 0 Å². The highest BCUT2D eigenvalue weighted by atomic mass is 35.5. The molecule has 0 radical (unpaired) electrons. The molecule has 0 fully saturated rings. The maximum absolute atomic E-state index is 11.8. The van der Waals surface area contributed by atoms with Crippen molar-refractivity contribution in [2.24, 2.45) is 5.73 Å². The monoisotopic (exact) mass is 270 g/mol. The van der Waals surface area contributed by atoms with Crippen molar-refractivity contribution >= 4 is 34.9 Å². The molecule has 2 rings (SSSR count). The lowest BCUT2D eigenvalue weighted by atomic mass is 10.2. The van der Waals surface area contributed by atoms with Gasteiger partial charge in [0.2, 0.25) is 0 Å². The predicted octanol–water partition coefficient (Wildman–Crippen LogP) is 0.897. The topological polar surface area (TPSA) is 93.0 Å². The van der Waals surface area contributed by atoms with E-state index in [1.165, 1.54) is 7.11 Å². The Bertz CT molecular complexity index is 524. The molecule has 1 amide bonds. The van der Waals surface area contributed by atoms with E-state index in [-0.39, 0.29) is 24.9 Å². The number of halogens is 1. The molecule has 0 aliphatic carbocycles. The fourth-order valence-electron chi connectivity index (χ4n) is 1.60. The number of carbonyl (C=O) groups is 1. The molecule has 1 aromatic carbocycles. The number of hydrogen-bond donors (Lipinski definition) is 3. The summed E-state index contributed by atoms with van der Waals surface area (Å²) in [5.74, 6) is -0.267. The molecule has 1 unspecified atom stereocenters. The number of aromatic nitrogens is 2. The maximum Gasteiger partial charge on any atom is 0.254 e. The van der Waals surface area contributed by atoms with E-state index in [1.807, 2.05) is 12.1 Å². The fraction of sp³-hybridized carbons (Fsp3) is 0.273. The molecule has 0 spiro atoms. The highest BCUT2D eigenvalue weighted by molar-refractivity contribution is 6.01. The van der Waals surface area contributed by atoms with Crippen LogP contribution in [0.2, 0.25) is 0 Å². The SMILES string of the molecule is COC(CN)C(=O)Nc1cccc2cn[nH]c12.Cl. The van der Waals surface area contributed by atoms with Gasteiger partial charge in [-0.25, -0.2) is 0 Å². The van der Waals surface area contributed by atoms with Crippen molar-refractivity contribution < 1.29 is 9.53 Å². The van der Waals surface area contributed by atoms with Crippen molar-refractivity contribution in [3.05, 3.63) is 24.4 Å². The molecule has 1 atom stereocenters. The van der Waals surface area contributed by atoms with Gasteiger partial charge in [-0.05, 0) is 6.07 Å².